The Morgan fingerprint density at radius 3 is 2.55 bits per heavy atom. The van der Waals surface area contributed by atoms with Crippen LogP contribution in [0, 0.1) is 0 Å². The van der Waals surface area contributed by atoms with E-state index in [1.54, 1.807) is 6.26 Å². The molecule has 0 unspecified atom stereocenters. The highest BCUT2D eigenvalue weighted by Gasteiger charge is 2.11. The largest absolute Gasteiger partial charge is 1.00 e. The van der Waals surface area contributed by atoms with Crippen LogP contribution in [0.3, 0.4) is 0 Å². The van der Waals surface area contributed by atoms with Gasteiger partial charge in [-0.15, -0.1) is 0 Å². The van der Waals surface area contributed by atoms with Crippen LogP contribution in [0.4, 0.5) is 0 Å². The van der Waals surface area contributed by atoms with Gasteiger partial charge in [0.05, 0.1) is 30.5 Å². The Morgan fingerprint density at radius 2 is 1.91 bits per heavy atom. The average molecular weight is 390 g/mol. The number of ether oxygens (including phenoxy) is 2. The second-order valence-corrected chi connectivity index (χ2v) is 5.31. The molecular weight excluding hydrogens is 370 g/mol. The van der Waals surface area contributed by atoms with Crippen molar-refractivity contribution in [2.24, 2.45) is 0 Å². The Balaban J connectivity index is 0.00000242. The molecule has 0 aliphatic heterocycles. The van der Waals surface area contributed by atoms with E-state index >= 15 is 0 Å². The molecule has 0 atom stereocenters. The second kappa shape index (κ2) is 9.77. The minimum atomic E-state index is 0. The third kappa shape index (κ3) is 5.23. The first-order valence-electron chi connectivity index (χ1n) is 7.05. The zero-order valence-corrected chi connectivity index (χ0v) is 15.0. The summed E-state index contributed by atoms with van der Waals surface area (Å²) in [6.45, 7) is 6.56. The molecule has 1 aromatic carbocycles. The van der Waals surface area contributed by atoms with Gasteiger partial charge in [-0.05, 0) is 59.6 Å². The van der Waals surface area contributed by atoms with E-state index in [1.165, 1.54) is 0 Å². The first-order chi connectivity index (χ1) is 10.2. The molecule has 0 saturated carbocycles. The van der Waals surface area contributed by atoms with Crippen molar-refractivity contribution >= 4 is 15.9 Å². The van der Waals surface area contributed by atoms with Gasteiger partial charge >= 0.3 is 0 Å². The van der Waals surface area contributed by atoms with E-state index in [9.17, 15) is 0 Å². The fourth-order valence-corrected chi connectivity index (χ4v) is 2.62. The van der Waals surface area contributed by atoms with Gasteiger partial charge in [0, 0.05) is 6.54 Å². The standard InChI is InChI=1S/C16H20BrNO3.ClH/c1-3-19-15-9-12(8-14(17)16(15)20-4-2)10-18-11-13-6-5-7-21-13;/h5-9,18H,3-4,10-11H2,1-2H3;1H/p-1. The Hall–Kier alpha value is -1.17. The van der Waals surface area contributed by atoms with Crippen LogP contribution in [0.1, 0.15) is 25.2 Å². The smallest absolute Gasteiger partial charge is 0.175 e. The normalized spacial score (nSPS) is 10.1. The number of rotatable bonds is 8. The predicted molar refractivity (Wildman–Crippen MR) is 85.7 cm³/mol. The highest BCUT2D eigenvalue weighted by atomic mass is 79.9. The molecule has 0 bridgehead atoms. The SMILES string of the molecule is CCOc1cc(CNCc2ccco2)cc(Br)c1OCC.[Cl-]. The molecule has 0 spiro atoms. The lowest BCUT2D eigenvalue weighted by Crippen LogP contribution is -3.00. The first kappa shape index (κ1) is 18.9. The van der Waals surface area contributed by atoms with Crippen LogP contribution in [-0.2, 0) is 13.1 Å². The molecule has 2 rings (SSSR count). The quantitative estimate of drug-likeness (QED) is 0.735. The molecular formula is C16H20BrClNO3-. The average Bonchev–Trinajstić information content (AvgIpc) is 2.96. The summed E-state index contributed by atoms with van der Waals surface area (Å²) in [7, 11) is 0. The minimum Gasteiger partial charge on any atom is -1.00 e. The van der Waals surface area contributed by atoms with E-state index in [4.69, 9.17) is 13.9 Å². The molecule has 0 aliphatic rings. The first-order valence-corrected chi connectivity index (χ1v) is 7.85. The highest BCUT2D eigenvalue weighted by molar-refractivity contribution is 9.10. The van der Waals surface area contributed by atoms with Crippen molar-refractivity contribution < 1.29 is 26.3 Å². The van der Waals surface area contributed by atoms with Crippen molar-refractivity contribution in [2.75, 3.05) is 13.2 Å². The van der Waals surface area contributed by atoms with Gasteiger partial charge in [0.15, 0.2) is 11.5 Å². The van der Waals surface area contributed by atoms with E-state index in [2.05, 4.69) is 21.2 Å². The number of nitrogens with one attached hydrogen (secondary N) is 1. The molecule has 22 heavy (non-hydrogen) atoms. The summed E-state index contributed by atoms with van der Waals surface area (Å²) in [6.07, 6.45) is 1.68. The van der Waals surface area contributed by atoms with Gasteiger partial charge in [0.25, 0.3) is 0 Å². The Labute approximate surface area is 145 Å². The van der Waals surface area contributed by atoms with Gasteiger partial charge in [-0.2, -0.15) is 0 Å². The molecule has 1 aromatic heterocycles. The molecule has 0 amide bonds. The van der Waals surface area contributed by atoms with Crippen LogP contribution < -0.4 is 27.2 Å². The van der Waals surface area contributed by atoms with Crippen LogP contribution in [0.5, 0.6) is 11.5 Å². The highest BCUT2D eigenvalue weighted by Crippen LogP contribution is 2.36. The van der Waals surface area contributed by atoms with Crippen molar-refractivity contribution in [3.05, 3.63) is 46.3 Å². The van der Waals surface area contributed by atoms with Gasteiger partial charge in [-0.1, -0.05) is 0 Å². The van der Waals surface area contributed by atoms with Crippen molar-refractivity contribution in [2.45, 2.75) is 26.9 Å². The molecule has 1 N–H and O–H groups in total. The molecule has 2 aromatic rings. The summed E-state index contributed by atoms with van der Waals surface area (Å²) >= 11 is 3.55. The van der Waals surface area contributed by atoms with Crippen molar-refractivity contribution in [3.8, 4) is 11.5 Å². The fourth-order valence-electron chi connectivity index (χ4n) is 2.01. The van der Waals surface area contributed by atoms with Crippen molar-refractivity contribution in [1.82, 2.24) is 5.32 Å². The molecule has 0 saturated heterocycles. The van der Waals surface area contributed by atoms with E-state index in [0.717, 1.165) is 33.8 Å². The predicted octanol–water partition coefficient (Wildman–Crippen LogP) is 1.13. The lowest BCUT2D eigenvalue weighted by atomic mass is 10.2. The topological polar surface area (TPSA) is 43.6 Å². The molecule has 122 valence electrons. The van der Waals surface area contributed by atoms with Crippen LogP contribution in [0.25, 0.3) is 0 Å². The van der Waals surface area contributed by atoms with E-state index in [1.807, 2.05) is 38.1 Å². The molecule has 0 fully saturated rings. The zero-order valence-electron chi connectivity index (χ0n) is 12.7. The summed E-state index contributed by atoms with van der Waals surface area (Å²) in [6, 6.07) is 7.89. The van der Waals surface area contributed by atoms with Gasteiger partial charge in [-0.3, -0.25) is 0 Å². The lowest BCUT2D eigenvalue weighted by Gasteiger charge is -2.14. The summed E-state index contributed by atoms with van der Waals surface area (Å²) in [4.78, 5) is 0. The summed E-state index contributed by atoms with van der Waals surface area (Å²) in [5, 5.41) is 3.34. The third-order valence-corrected chi connectivity index (χ3v) is 3.46. The van der Waals surface area contributed by atoms with E-state index in [0.29, 0.717) is 19.8 Å². The maximum absolute atomic E-state index is 5.66. The van der Waals surface area contributed by atoms with Gasteiger partial charge in [0.2, 0.25) is 0 Å². The fraction of sp³-hybridized carbons (Fsp3) is 0.375. The Bertz CT molecular complexity index is 561. The van der Waals surface area contributed by atoms with Crippen LogP contribution >= 0.6 is 15.9 Å². The number of halogens is 2. The van der Waals surface area contributed by atoms with E-state index < -0.39 is 0 Å². The molecule has 1 heterocycles. The molecule has 6 heteroatoms. The summed E-state index contributed by atoms with van der Waals surface area (Å²) in [5.41, 5.74) is 1.13. The van der Waals surface area contributed by atoms with Gasteiger partial charge in [0.1, 0.15) is 5.76 Å². The Morgan fingerprint density at radius 1 is 1.14 bits per heavy atom. The third-order valence-electron chi connectivity index (χ3n) is 2.87. The van der Waals surface area contributed by atoms with Crippen LogP contribution in [-0.4, -0.2) is 13.2 Å². The summed E-state index contributed by atoms with van der Waals surface area (Å²) < 4.78 is 17.5. The Kier molecular flexibility index (Phi) is 8.38. The van der Waals surface area contributed by atoms with Gasteiger partial charge in [-0.25, -0.2) is 0 Å². The van der Waals surface area contributed by atoms with Gasteiger partial charge < -0.3 is 31.6 Å². The van der Waals surface area contributed by atoms with Crippen LogP contribution in [0.15, 0.2) is 39.4 Å². The van der Waals surface area contributed by atoms with E-state index in [-0.39, 0.29) is 12.4 Å². The lowest BCUT2D eigenvalue weighted by molar-refractivity contribution is -0.00000571. The number of hydrogen-bond donors (Lipinski definition) is 1. The summed E-state index contributed by atoms with van der Waals surface area (Å²) in [5.74, 6) is 2.45. The number of benzene rings is 1. The minimum absolute atomic E-state index is 0. The van der Waals surface area contributed by atoms with Crippen molar-refractivity contribution in [1.29, 1.82) is 0 Å². The zero-order chi connectivity index (χ0) is 15.1. The second-order valence-electron chi connectivity index (χ2n) is 4.45. The monoisotopic (exact) mass is 388 g/mol. The van der Waals surface area contributed by atoms with Crippen LogP contribution in [0.2, 0.25) is 0 Å². The van der Waals surface area contributed by atoms with Crippen molar-refractivity contribution in [3.63, 3.8) is 0 Å². The number of hydrogen-bond acceptors (Lipinski definition) is 4. The molecule has 4 nitrogen and oxygen atoms in total. The maximum atomic E-state index is 5.66. The molecule has 0 radical (unpaired) electrons. The molecule has 0 aliphatic carbocycles. The number of furan rings is 1. The maximum Gasteiger partial charge on any atom is 0.175 e.